The number of aromatic nitrogens is 2. The number of benzene rings is 1. The van der Waals surface area contributed by atoms with Gasteiger partial charge in [-0.25, -0.2) is 14.4 Å². The summed E-state index contributed by atoms with van der Waals surface area (Å²) < 4.78 is 30.0. The Morgan fingerprint density at radius 1 is 1.29 bits per heavy atom. The summed E-state index contributed by atoms with van der Waals surface area (Å²) in [4.78, 5) is 20.7. The second kappa shape index (κ2) is 7.39. The normalized spacial score (nSPS) is 12.0. The third-order valence-electron chi connectivity index (χ3n) is 3.14. The van der Waals surface area contributed by atoms with Crippen molar-refractivity contribution < 1.29 is 18.1 Å². The molecule has 1 aromatic heterocycles. The minimum atomic E-state index is -0.568. The molecule has 0 bridgehead atoms. The summed E-state index contributed by atoms with van der Waals surface area (Å²) in [7, 11) is 0. The molecule has 0 fully saturated rings. The Labute approximate surface area is 142 Å². The number of rotatable bonds is 6. The van der Waals surface area contributed by atoms with Crippen LogP contribution in [0.15, 0.2) is 24.4 Å². The number of nitrogens with zero attached hydrogens (tertiary/aromatic N) is 2. The number of nitrogens with two attached hydrogens (primary N) is 1. The van der Waals surface area contributed by atoms with Gasteiger partial charge in [0, 0.05) is 17.3 Å². The van der Waals surface area contributed by atoms with Crippen molar-refractivity contribution in [3.63, 3.8) is 0 Å². The van der Waals surface area contributed by atoms with Gasteiger partial charge in [-0.05, 0) is 32.0 Å². The van der Waals surface area contributed by atoms with Crippen molar-refractivity contribution in [1.29, 1.82) is 0 Å². The average Bonchev–Trinajstić information content (AvgIpc) is 2.54. The fourth-order valence-electron chi connectivity index (χ4n) is 2.00. The smallest absolute Gasteiger partial charge is 0.470 e. The highest BCUT2D eigenvalue weighted by Gasteiger charge is 2.25. The molecule has 0 saturated heterocycles. The first-order valence-electron chi connectivity index (χ1n) is 7.25. The fourth-order valence-corrected chi connectivity index (χ4v) is 2.20. The first-order valence-corrected chi connectivity index (χ1v) is 8.06. The van der Waals surface area contributed by atoms with Crippen molar-refractivity contribution in [2.24, 2.45) is 0 Å². The molecule has 8 heteroatoms. The molecule has 6 nitrogen and oxygen atoms in total. The molecule has 126 valence electrons. The summed E-state index contributed by atoms with van der Waals surface area (Å²) in [6.45, 7) is 5.23. The van der Waals surface area contributed by atoms with Crippen molar-refractivity contribution in [3.8, 4) is 5.75 Å². The highest BCUT2D eigenvalue weighted by molar-refractivity contribution is 7.65. The van der Waals surface area contributed by atoms with Crippen molar-refractivity contribution in [3.05, 3.63) is 47.2 Å². The van der Waals surface area contributed by atoms with Gasteiger partial charge >= 0.3 is 11.7 Å². The Morgan fingerprint density at radius 3 is 2.58 bits per heavy atom. The van der Waals surface area contributed by atoms with Crippen LogP contribution in [0.25, 0.3) is 0 Å². The van der Waals surface area contributed by atoms with Gasteiger partial charge in [-0.3, -0.25) is 4.79 Å². The Kier molecular flexibility index (Phi) is 5.50. The highest BCUT2D eigenvalue weighted by Crippen LogP contribution is 2.26. The van der Waals surface area contributed by atoms with Crippen LogP contribution in [0, 0.1) is 5.82 Å². The standard InChI is InChI=1S/C16H16FN3O3S/c1-8(2)23-13-5-4-10(17)6-11(13)14(21)12-7-19-16(9(3)24-22)20-15(12)18/h4-9H,1-3H3,(H-,18,19,20,21)/p+1. The highest BCUT2D eigenvalue weighted by atomic mass is 32.1. The number of nitrogen functional groups attached to an aromatic ring is 1. The van der Waals surface area contributed by atoms with Gasteiger partial charge < -0.3 is 10.5 Å². The first-order chi connectivity index (χ1) is 11.3. The van der Waals surface area contributed by atoms with Gasteiger partial charge in [0.1, 0.15) is 17.4 Å². The van der Waals surface area contributed by atoms with Gasteiger partial charge in [-0.2, -0.15) is 0 Å². The van der Waals surface area contributed by atoms with Crippen LogP contribution >= 0.6 is 0 Å². The topological polar surface area (TPSA) is 95.2 Å². The molecule has 1 unspecified atom stereocenters. The Morgan fingerprint density at radius 2 is 2.00 bits per heavy atom. The zero-order valence-corrected chi connectivity index (χ0v) is 14.3. The summed E-state index contributed by atoms with van der Waals surface area (Å²) in [6, 6.07) is 3.69. The predicted molar refractivity (Wildman–Crippen MR) is 88.5 cm³/mol. The van der Waals surface area contributed by atoms with Gasteiger partial charge in [0.15, 0.2) is 5.82 Å². The summed E-state index contributed by atoms with van der Waals surface area (Å²) in [5.74, 6) is -0.686. The second-order valence-corrected chi connectivity index (χ2v) is 6.30. The molecular weight excluding hydrogens is 333 g/mol. The van der Waals surface area contributed by atoms with E-state index in [1.165, 1.54) is 18.3 Å². The maximum atomic E-state index is 13.6. The van der Waals surface area contributed by atoms with Gasteiger partial charge in [-0.1, -0.05) is 0 Å². The number of ketones is 1. The molecule has 2 aromatic rings. The second-order valence-electron chi connectivity index (χ2n) is 5.40. The van der Waals surface area contributed by atoms with Gasteiger partial charge in [0.2, 0.25) is 5.78 Å². The number of carbonyl (C=O) groups is 1. The largest absolute Gasteiger partial charge is 0.490 e. The molecule has 1 atom stereocenters. The van der Waals surface area contributed by atoms with Crippen LogP contribution in [-0.2, 0) is 15.9 Å². The lowest BCUT2D eigenvalue weighted by Crippen LogP contribution is -2.14. The van der Waals surface area contributed by atoms with Crippen LogP contribution < -0.4 is 10.5 Å². The van der Waals surface area contributed by atoms with E-state index in [4.69, 9.17) is 10.5 Å². The van der Waals surface area contributed by atoms with E-state index in [9.17, 15) is 13.4 Å². The van der Waals surface area contributed by atoms with E-state index in [2.05, 4.69) is 9.97 Å². The lowest BCUT2D eigenvalue weighted by molar-refractivity contribution is 0.103. The van der Waals surface area contributed by atoms with Crippen LogP contribution in [0.4, 0.5) is 10.2 Å². The Bertz CT molecular complexity index is 783. The zero-order valence-electron chi connectivity index (χ0n) is 13.4. The van der Waals surface area contributed by atoms with Crippen LogP contribution in [0.3, 0.4) is 0 Å². The number of anilines is 1. The molecular formula is C16H17FN3O3S+. The molecule has 0 radical (unpaired) electrons. The van der Waals surface area contributed by atoms with Crippen molar-refractivity contribution >= 4 is 23.3 Å². The van der Waals surface area contributed by atoms with Gasteiger partial charge in [-0.15, -0.1) is 0 Å². The first kappa shape index (κ1) is 17.9. The molecule has 0 aliphatic rings. The molecule has 2 N–H and O–H groups in total. The lowest BCUT2D eigenvalue weighted by atomic mass is 10.0. The minimum Gasteiger partial charge on any atom is -0.490 e. The maximum absolute atomic E-state index is 13.6. The Balaban J connectivity index is 2.45. The van der Waals surface area contributed by atoms with Crippen LogP contribution in [0.1, 0.15) is 47.8 Å². The van der Waals surface area contributed by atoms with E-state index >= 15 is 0 Å². The third kappa shape index (κ3) is 3.88. The number of ether oxygens (including phenoxy) is 1. The van der Waals surface area contributed by atoms with Crippen molar-refractivity contribution in [2.45, 2.75) is 32.1 Å². The average molecular weight is 350 g/mol. The van der Waals surface area contributed by atoms with E-state index in [1.807, 2.05) is 0 Å². The van der Waals surface area contributed by atoms with Crippen LogP contribution in [-0.4, -0.2) is 21.9 Å². The monoisotopic (exact) mass is 350 g/mol. The lowest BCUT2D eigenvalue weighted by Gasteiger charge is -2.14. The molecule has 0 amide bonds. The Hall–Kier alpha value is -2.48. The van der Waals surface area contributed by atoms with E-state index in [0.717, 1.165) is 6.07 Å². The number of carbonyl (C=O) groups excluding carboxylic acids is 1. The van der Waals surface area contributed by atoms with Crippen LogP contribution in [0.5, 0.6) is 5.75 Å². The summed E-state index contributed by atoms with van der Waals surface area (Å²) >= 11 is 0.323. The molecule has 2 rings (SSSR count). The zero-order chi connectivity index (χ0) is 17.9. The quantitative estimate of drug-likeness (QED) is 0.636. The fraction of sp³-hybridized carbons (Fsp3) is 0.312. The SMILES string of the molecule is CC(C)Oc1ccc(F)cc1C(=O)c1cnc(C(C)[S+]=O)nc1N. The number of halogens is 1. The number of hydrogen-bond donors (Lipinski definition) is 1. The van der Waals surface area contributed by atoms with Crippen molar-refractivity contribution in [1.82, 2.24) is 9.97 Å². The van der Waals surface area contributed by atoms with E-state index < -0.39 is 16.9 Å². The molecule has 1 aromatic carbocycles. The minimum absolute atomic E-state index is 0.0288. The van der Waals surface area contributed by atoms with E-state index in [-0.39, 0.29) is 34.6 Å². The van der Waals surface area contributed by atoms with E-state index in [1.54, 1.807) is 20.8 Å². The summed E-state index contributed by atoms with van der Waals surface area (Å²) in [5.41, 5.74) is 5.89. The number of hydrogen-bond acceptors (Lipinski definition) is 6. The summed E-state index contributed by atoms with van der Waals surface area (Å²) in [6.07, 6.45) is 1.06. The molecule has 24 heavy (non-hydrogen) atoms. The van der Waals surface area contributed by atoms with Crippen molar-refractivity contribution in [2.75, 3.05) is 5.73 Å². The molecule has 0 aliphatic heterocycles. The summed E-state index contributed by atoms with van der Waals surface area (Å²) in [5, 5.41) is -0.495. The van der Waals surface area contributed by atoms with Crippen LogP contribution in [0.2, 0.25) is 0 Å². The molecule has 0 saturated carbocycles. The molecule has 0 spiro atoms. The van der Waals surface area contributed by atoms with E-state index in [0.29, 0.717) is 11.7 Å². The molecule has 0 aliphatic carbocycles. The maximum Gasteiger partial charge on any atom is 0.470 e. The third-order valence-corrected chi connectivity index (χ3v) is 3.64. The van der Waals surface area contributed by atoms with Gasteiger partial charge in [0.25, 0.3) is 5.25 Å². The molecule has 1 heterocycles. The van der Waals surface area contributed by atoms with Gasteiger partial charge in [0.05, 0.1) is 17.2 Å². The predicted octanol–water partition coefficient (Wildman–Crippen LogP) is 2.71.